The third-order valence-corrected chi connectivity index (χ3v) is 5.31. The van der Waals surface area contributed by atoms with Gasteiger partial charge in [-0.2, -0.15) is 18.2 Å². The Bertz CT molecular complexity index is 1170. The molecule has 12 heteroatoms. The van der Waals surface area contributed by atoms with Gasteiger partial charge in [-0.3, -0.25) is 14.9 Å². The van der Waals surface area contributed by atoms with Crippen molar-refractivity contribution >= 4 is 17.9 Å². The molecule has 1 amide bonds. The zero-order valence-electron chi connectivity index (χ0n) is 18.2. The second-order valence-electron chi connectivity index (χ2n) is 7.76. The number of carbonyl (C=O) groups excluding carboxylic acids is 1. The molecule has 0 saturated carbocycles. The highest BCUT2D eigenvalue weighted by Crippen LogP contribution is 2.31. The molecule has 0 spiro atoms. The van der Waals surface area contributed by atoms with Crippen molar-refractivity contribution in [2.24, 2.45) is 0 Å². The lowest BCUT2D eigenvalue weighted by atomic mass is 10.1. The van der Waals surface area contributed by atoms with E-state index in [-0.39, 0.29) is 24.4 Å². The van der Waals surface area contributed by atoms with Crippen LogP contribution < -0.4 is 10.2 Å². The maximum atomic E-state index is 12.9. The second kappa shape index (κ2) is 9.21. The predicted molar refractivity (Wildman–Crippen MR) is 116 cm³/mol. The molecule has 4 heterocycles. The van der Waals surface area contributed by atoms with Crippen molar-refractivity contribution in [3.8, 4) is 11.1 Å². The topological polar surface area (TPSA) is 113 Å². The van der Waals surface area contributed by atoms with Crippen LogP contribution in [0.2, 0.25) is 0 Å². The van der Waals surface area contributed by atoms with Crippen molar-refractivity contribution in [1.29, 1.82) is 0 Å². The molecular formula is C22H21F3N6O3. The Hall–Kier alpha value is -3.80. The van der Waals surface area contributed by atoms with Crippen molar-refractivity contribution in [2.45, 2.75) is 38.2 Å². The molecule has 3 aromatic heterocycles. The number of carbonyl (C=O) groups is 1. The lowest BCUT2D eigenvalue weighted by molar-refractivity contribution is -0.141. The van der Waals surface area contributed by atoms with E-state index in [0.29, 0.717) is 16.8 Å². The van der Waals surface area contributed by atoms with Crippen LogP contribution in [0.15, 0.2) is 48.9 Å². The summed E-state index contributed by atoms with van der Waals surface area (Å²) in [5.74, 6) is 0.503. The standard InChI is InChI=1S/C22H21F3N6O3/c1-12(16-4-3-15(10-28-16)14-5-7-26-18(9-14)22(23,24)25)29-20-27-8-6-19(30-20)31-17(13(2)32)11-34-21(31)33/h3-10,12-13,17,32H,11H2,1-2H3,(H,27,29,30)/t12-,13+,17+/m0/s1. The highest BCUT2D eigenvalue weighted by Gasteiger charge is 2.38. The van der Waals surface area contributed by atoms with Crippen molar-refractivity contribution in [2.75, 3.05) is 16.8 Å². The van der Waals surface area contributed by atoms with E-state index < -0.39 is 30.1 Å². The van der Waals surface area contributed by atoms with E-state index in [1.807, 2.05) is 6.92 Å². The second-order valence-corrected chi connectivity index (χ2v) is 7.76. The lowest BCUT2D eigenvalue weighted by Crippen LogP contribution is -2.41. The first kappa shape index (κ1) is 23.4. The van der Waals surface area contributed by atoms with Gasteiger partial charge in [0, 0.05) is 24.2 Å². The fourth-order valence-corrected chi connectivity index (χ4v) is 3.47. The Kier molecular flexibility index (Phi) is 6.33. The highest BCUT2D eigenvalue weighted by molar-refractivity contribution is 5.89. The maximum Gasteiger partial charge on any atom is 0.433 e. The van der Waals surface area contributed by atoms with E-state index in [4.69, 9.17) is 4.74 Å². The average Bonchev–Trinajstić information content (AvgIpc) is 3.20. The molecule has 34 heavy (non-hydrogen) atoms. The molecule has 0 bridgehead atoms. The molecule has 1 saturated heterocycles. The number of cyclic esters (lactones) is 1. The summed E-state index contributed by atoms with van der Waals surface area (Å²) in [6, 6.07) is 6.43. The molecule has 0 aromatic carbocycles. The molecule has 1 fully saturated rings. The minimum atomic E-state index is -4.53. The Balaban J connectivity index is 1.49. The highest BCUT2D eigenvalue weighted by atomic mass is 19.4. The number of aliphatic hydroxyl groups is 1. The third-order valence-electron chi connectivity index (χ3n) is 5.31. The number of amides is 1. The first-order chi connectivity index (χ1) is 16.1. The summed E-state index contributed by atoms with van der Waals surface area (Å²) in [7, 11) is 0. The van der Waals surface area contributed by atoms with Gasteiger partial charge in [0.15, 0.2) is 0 Å². The number of aliphatic hydroxyl groups excluding tert-OH is 1. The van der Waals surface area contributed by atoms with Crippen LogP contribution in [0.3, 0.4) is 0 Å². The number of aromatic nitrogens is 4. The summed E-state index contributed by atoms with van der Waals surface area (Å²) in [5, 5.41) is 13.0. The molecule has 3 atom stereocenters. The number of anilines is 2. The fraction of sp³-hybridized carbons (Fsp3) is 0.318. The molecule has 9 nitrogen and oxygen atoms in total. The van der Waals surface area contributed by atoms with Gasteiger partial charge in [-0.1, -0.05) is 6.07 Å². The van der Waals surface area contributed by atoms with Crippen molar-refractivity contribution in [3.63, 3.8) is 0 Å². The van der Waals surface area contributed by atoms with Gasteiger partial charge in [0.25, 0.3) is 0 Å². The smallest absolute Gasteiger partial charge is 0.433 e. The summed E-state index contributed by atoms with van der Waals surface area (Å²) < 4.78 is 43.8. The Morgan fingerprint density at radius 2 is 1.88 bits per heavy atom. The van der Waals surface area contributed by atoms with Crippen LogP contribution in [-0.2, 0) is 10.9 Å². The van der Waals surface area contributed by atoms with Crippen molar-refractivity contribution in [3.05, 3.63) is 60.3 Å². The lowest BCUT2D eigenvalue weighted by Gasteiger charge is -2.23. The quantitative estimate of drug-likeness (QED) is 0.554. The van der Waals surface area contributed by atoms with E-state index in [2.05, 4.69) is 25.3 Å². The minimum Gasteiger partial charge on any atom is -0.447 e. The summed E-state index contributed by atoms with van der Waals surface area (Å²) >= 11 is 0. The summed E-state index contributed by atoms with van der Waals surface area (Å²) in [4.78, 5) is 29.6. The van der Waals surface area contributed by atoms with Gasteiger partial charge in [-0.15, -0.1) is 0 Å². The van der Waals surface area contributed by atoms with Gasteiger partial charge in [-0.25, -0.2) is 9.78 Å². The molecule has 3 aromatic rings. The van der Waals surface area contributed by atoms with Crippen LogP contribution in [0.25, 0.3) is 11.1 Å². The van der Waals surface area contributed by atoms with Gasteiger partial charge in [0.05, 0.1) is 17.8 Å². The molecule has 1 aliphatic rings. The SMILES string of the molecule is C[C@H](Nc1nccc(N2C(=O)OC[C@@H]2[C@@H](C)O)n1)c1ccc(-c2ccnc(C(F)(F)F)c2)cn1. The van der Waals surface area contributed by atoms with Crippen molar-refractivity contribution in [1.82, 2.24) is 19.9 Å². The first-order valence-corrected chi connectivity index (χ1v) is 10.4. The van der Waals surface area contributed by atoms with E-state index in [1.54, 1.807) is 19.1 Å². The fourth-order valence-electron chi connectivity index (χ4n) is 3.47. The number of nitrogens with zero attached hydrogens (tertiary/aromatic N) is 5. The number of hydrogen-bond acceptors (Lipinski definition) is 8. The Morgan fingerprint density at radius 1 is 1.12 bits per heavy atom. The molecule has 4 rings (SSSR count). The molecule has 0 unspecified atom stereocenters. The van der Waals surface area contributed by atoms with E-state index >= 15 is 0 Å². The van der Waals surface area contributed by atoms with Gasteiger partial charge in [-0.05, 0) is 43.7 Å². The van der Waals surface area contributed by atoms with Gasteiger partial charge < -0.3 is 15.2 Å². The van der Waals surface area contributed by atoms with Crippen LogP contribution in [0.1, 0.15) is 31.3 Å². The van der Waals surface area contributed by atoms with E-state index in [9.17, 15) is 23.1 Å². The maximum absolute atomic E-state index is 12.9. The normalized spacial score (nSPS) is 17.9. The molecular weight excluding hydrogens is 453 g/mol. The molecule has 1 aliphatic heterocycles. The van der Waals surface area contributed by atoms with Gasteiger partial charge in [0.2, 0.25) is 5.95 Å². The van der Waals surface area contributed by atoms with E-state index in [0.717, 1.165) is 12.3 Å². The molecule has 0 aliphatic carbocycles. The predicted octanol–water partition coefficient (Wildman–Crippen LogP) is 3.83. The summed E-state index contributed by atoms with van der Waals surface area (Å²) in [6.45, 7) is 3.43. The number of halogens is 3. The number of nitrogens with one attached hydrogen (secondary N) is 1. The van der Waals surface area contributed by atoms with Crippen LogP contribution in [0.4, 0.5) is 29.7 Å². The Labute approximate surface area is 192 Å². The van der Waals surface area contributed by atoms with Gasteiger partial charge >= 0.3 is 12.3 Å². The van der Waals surface area contributed by atoms with Crippen LogP contribution in [-0.4, -0.2) is 49.9 Å². The number of rotatable bonds is 6. The largest absolute Gasteiger partial charge is 0.447 e. The Morgan fingerprint density at radius 3 is 2.56 bits per heavy atom. The average molecular weight is 474 g/mol. The number of ether oxygens (including phenoxy) is 1. The molecule has 2 N–H and O–H groups in total. The first-order valence-electron chi connectivity index (χ1n) is 10.4. The summed E-state index contributed by atoms with van der Waals surface area (Å²) in [6.07, 6.45) is -1.89. The summed E-state index contributed by atoms with van der Waals surface area (Å²) in [5.41, 5.74) is 0.494. The zero-order chi connectivity index (χ0) is 24.5. The zero-order valence-corrected chi connectivity index (χ0v) is 18.2. The minimum absolute atomic E-state index is 0.0534. The number of hydrogen-bond donors (Lipinski definition) is 2. The van der Waals surface area contributed by atoms with Crippen LogP contribution in [0.5, 0.6) is 0 Å². The van der Waals surface area contributed by atoms with Crippen LogP contribution in [0, 0.1) is 0 Å². The third kappa shape index (κ3) is 4.91. The number of alkyl halides is 3. The molecule has 0 radical (unpaired) electrons. The monoisotopic (exact) mass is 474 g/mol. The van der Waals surface area contributed by atoms with E-state index in [1.165, 1.54) is 29.4 Å². The molecule has 178 valence electrons. The number of pyridine rings is 2. The van der Waals surface area contributed by atoms with Crippen LogP contribution >= 0.6 is 0 Å². The van der Waals surface area contributed by atoms with Crippen molar-refractivity contribution < 1.29 is 27.8 Å². The van der Waals surface area contributed by atoms with Gasteiger partial charge in [0.1, 0.15) is 24.2 Å².